The Balaban J connectivity index is 2.01. The maximum Gasteiger partial charge on any atom is 0.264 e. The van der Waals surface area contributed by atoms with E-state index in [0.717, 1.165) is 22.7 Å². The highest BCUT2D eigenvalue weighted by Crippen LogP contribution is 2.26. The van der Waals surface area contributed by atoms with Gasteiger partial charge in [0.2, 0.25) is 11.8 Å². The minimum Gasteiger partial charge on any atom is -0.354 e. The number of hydrogen-bond donors (Lipinski definition) is 1. The van der Waals surface area contributed by atoms with E-state index in [-0.39, 0.29) is 22.7 Å². The van der Waals surface area contributed by atoms with Gasteiger partial charge in [-0.1, -0.05) is 55.3 Å². The molecule has 0 spiro atoms. The predicted octanol–water partition coefficient (Wildman–Crippen LogP) is 5.32. The van der Waals surface area contributed by atoms with E-state index in [1.54, 1.807) is 31.2 Å². The lowest BCUT2D eigenvalue weighted by molar-refractivity contribution is -0.139. The van der Waals surface area contributed by atoms with Crippen molar-refractivity contribution >= 4 is 39.1 Å². The number of sulfonamides is 1. The molecule has 1 N–H and O–H groups in total. The molecule has 0 fully saturated rings. The van der Waals surface area contributed by atoms with Crippen molar-refractivity contribution < 1.29 is 22.4 Å². The van der Waals surface area contributed by atoms with Crippen molar-refractivity contribution in [2.45, 2.75) is 51.1 Å². The fourth-order valence-electron chi connectivity index (χ4n) is 3.97. The largest absolute Gasteiger partial charge is 0.354 e. The van der Waals surface area contributed by atoms with Crippen LogP contribution in [-0.4, -0.2) is 44.3 Å². The molecule has 0 aromatic heterocycles. The second kappa shape index (κ2) is 13.6. The third-order valence-corrected chi connectivity index (χ3v) is 8.31. The van der Waals surface area contributed by atoms with Crippen molar-refractivity contribution in [2.24, 2.45) is 0 Å². The smallest absolute Gasteiger partial charge is 0.264 e. The lowest BCUT2D eigenvalue weighted by Crippen LogP contribution is -2.51. The molecular formula is C29H33ClFN3O4S. The molecule has 0 bridgehead atoms. The average Bonchev–Trinajstić information content (AvgIpc) is 2.91. The van der Waals surface area contributed by atoms with Gasteiger partial charge >= 0.3 is 0 Å². The van der Waals surface area contributed by atoms with E-state index in [0.29, 0.717) is 11.6 Å². The van der Waals surface area contributed by atoms with E-state index >= 15 is 0 Å². The molecule has 1 atom stereocenters. The predicted molar refractivity (Wildman–Crippen MR) is 151 cm³/mol. The number of carbonyl (C=O) groups excluding carboxylic acids is 2. The molecule has 0 unspecified atom stereocenters. The summed E-state index contributed by atoms with van der Waals surface area (Å²) < 4.78 is 43.1. The fraction of sp³-hybridized carbons (Fsp3) is 0.310. The minimum absolute atomic E-state index is 0.0489. The summed E-state index contributed by atoms with van der Waals surface area (Å²) in [6.45, 7) is 4.97. The summed E-state index contributed by atoms with van der Waals surface area (Å²) in [6, 6.07) is 17.4. The molecule has 10 heteroatoms. The number of hydrogen-bond acceptors (Lipinski definition) is 4. The summed E-state index contributed by atoms with van der Waals surface area (Å²) in [5.74, 6) is -1.59. The molecule has 39 heavy (non-hydrogen) atoms. The van der Waals surface area contributed by atoms with Crippen LogP contribution in [0.4, 0.5) is 10.1 Å². The first-order valence-electron chi connectivity index (χ1n) is 12.7. The lowest BCUT2D eigenvalue weighted by Gasteiger charge is -2.32. The second-order valence-corrected chi connectivity index (χ2v) is 11.5. The Morgan fingerprint density at radius 3 is 2.36 bits per heavy atom. The molecule has 0 aliphatic rings. The van der Waals surface area contributed by atoms with Gasteiger partial charge in [0.05, 0.1) is 10.6 Å². The number of aryl methyl sites for hydroxylation is 1. The van der Waals surface area contributed by atoms with E-state index in [9.17, 15) is 22.4 Å². The van der Waals surface area contributed by atoms with Crippen LogP contribution >= 0.6 is 11.6 Å². The number of anilines is 1. The summed E-state index contributed by atoms with van der Waals surface area (Å²) in [7, 11) is -4.21. The van der Waals surface area contributed by atoms with E-state index < -0.39 is 40.2 Å². The Hall–Kier alpha value is -3.43. The van der Waals surface area contributed by atoms with Crippen LogP contribution in [-0.2, 0) is 26.2 Å². The molecule has 0 saturated carbocycles. The zero-order valence-electron chi connectivity index (χ0n) is 22.2. The van der Waals surface area contributed by atoms with Crippen molar-refractivity contribution in [3.63, 3.8) is 0 Å². The number of nitrogens with zero attached hydrogens (tertiary/aromatic N) is 2. The van der Waals surface area contributed by atoms with Crippen LogP contribution < -0.4 is 9.62 Å². The van der Waals surface area contributed by atoms with Gasteiger partial charge in [0.15, 0.2) is 0 Å². The van der Waals surface area contributed by atoms with E-state index in [1.165, 1.54) is 47.4 Å². The van der Waals surface area contributed by atoms with Crippen LogP contribution in [0.15, 0.2) is 77.7 Å². The first kappa shape index (κ1) is 30.1. The molecule has 3 rings (SSSR count). The second-order valence-electron chi connectivity index (χ2n) is 9.24. The topological polar surface area (TPSA) is 86.8 Å². The molecule has 3 aromatic rings. The molecule has 208 valence electrons. The maximum atomic E-state index is 14.6. The molecule has 0 heterocycles. The van der Waals surface area contributed by atoms with Crippen LogP contribution in [0.5, 0.6) is 0 Å². The molecule has 0 aliphatic heterocycles. The molecule has 2 amide bonds. The van der Waals surface area contributed by atoms with Gasteiger partial charge in [-0.15, -0.1) is 0 Å². The van der Waals surface area contributed by atoms with Crippen LogP contribution in [0.2, 0.25) is 5.02 Å². The molecule has 0 aliphatic carbocycles. The van der Waals surface area contributed by atoms with Crippen LogP contribution in [0.3, 0.4) is 0 Å². The Bertz CT molecular complexity index is 1400. The summed E-state index contributed by atoms with van der Waals surface area (Å²) >= 11 is 5.97. The summed E-state index contributed by atoms with van der Waals surface area (Å²) in [4.78, 5) is 27.9. The SMILES string of the molecule is CCCCNC(=O)[C@@H](C)N(Cc1ccccc1F)C(=O)CN(c1cccc(C)c1)S(=O)(=O)c1ccc(Cl)cc1. The van der Waals surface area contributed by atoms with E-state index in [4.69, 9.17) is 11.6 Å². The number of carbonyl (C=O) groups is 2. The third-order valence-electron chi connectivity index (χ3n) is 6.27. The Kier molecular flexibility index (Phi) is 10.5. The van der Waals surface area contributed by atoms with Gasteiger partial charge < -0.3 is 10.2 Å². The van der Waals surface area contributed by atoms with Gasteiger partial charge in [-0.05, 0) is 68.3 Å². The van der Waals surface area contributed by atoms with E-state index in [1.807, 2.05) is 19.9 Å². The van der Waals surface area contributed by atoms with Crippen molar-refractivity contribution in [3.8, 4) is 0 Å². The highest BCUT2D eigenvalue weighted by Gasteiger charge is 2.32. The number of nitrogens with one attached hydrogen (secondary N) is 1. The zero-order chi connectivity index (χ0) is 28.6. The third kappa shape index (κ3) is 7.80. The first-order valence-corrected chi connectivity index (χ1v) is 14.5. The molecule has 0 radical (unpaired) electrons. The Morgan fingerprint density at radius 2 is 1.72 bits per heavy atom. The Morgan fingerprint density at radius 1 is 1.03 bits per heavy atom. The van der Waals surface area contributed by atoms with Gasteiger partial charge in [-0.25, -0.2) is 12.8 Å². The van der Waals surface area contributed by atoms with Crippen molar-refractivity contribution in [1.29, 1.82) is 0 Å². The normalized spacial score (nSPS) is 12.0. The van der Waals surface area contributed by atoms with Crippen molar-refractivity contribution in [3.05, 3.63) is 94.8 Å². The van der Waals surface area contributed by atoms with Gasteiger partial charge in [-0.2, -0.15) is 0 Å². The summed E-state index contributed by atoms with van der Waals surface area (Å²) in [6.07, 6.45) is 1.64. The monoisotopic (exact) mass is 573 g/mol. The van der Waals surface area contributed by atoms with E-state index in [2.05, 4.69) is 5.32 Å². The lowest BCUT2D eigenvalue weighted by atomic mass is 10.1. The van der Waals surface area contributed by atoms with Crippen LogP contribution in [0, 0.1) is 12.7 Å². The van der Waals surface area contributed by atoms with Gasteiger partial charge in [0.1, 0.15) is 18.4 Å². The molecule has 0 saturated heterocycles. The Labute approximate surface area is 234 Å². The first-order chi connectivity index (χ1) is 18.5. The number of unbranched alkanes of at least 4 members (excludes halogenated alkanes) is 1. The molecular weight excluding hydrogens is 541 g/mol. The average molecular weight is 574 g/mol. The zero-order valence-corrected chi connectivity index (χ0v) is 23.8. The fourth-order valence-corrected chi connectivity index (χ4v) is 5.51. The summed E-state index contributed by atoms with van der Waals surface area (Å²) in [5.41, 5.74) is 1.29. The van der Waals surface area contributed by atoms with Crippen LogP contribution in [0.1, 0.15) is 37.8 Å². The number of rotatable bonds is 12. The standard InChI is InChI=1S/C29H33ClFN3O4S/c1-4-5-17-32-29(36)22(3)33(19-23-10-6-7-12-27(23)31)28(35)20-34(25-11-8-9-21(2)18-25)39(37,38)26-15-13-24(30)14-16-26/h6-16,18,22H,4-5,17,19-20H2,1-3H3,(H,32,36)/t22-/m1/s1. The maximum absolute atomic E-state index is 14.6. The highest BCUT2D eigenvalue weighted by atomic mass is 35.5. The summed E-state index contributed by atoms with van der Waals surface area (Å²) in [5, 5.41) is 3.17. The number of benzene rings is 3. The highest BCUT2D eigenvalue weighted by molar-refractivity contribution is 7.92. The van der Waals surface area contributed by atoms with Crippen LogP contribution in [0.25, 0.3) is 0 Å². The van der Waals surface area contributed by atoms with Crippen molar-refractivity contribution in [1.82, 2.24) is 10.2 Å². The number of amides is 2. The van der Waals surface area contributed by atoms with Gasteiger partial charge in [-0.3, -0.25) is 13.9 Å². The molecule has 3 aromatic carbocycles. The van der Waals surface area contributed by atoms with Gasteiger partial charge in [0.25, 0.3) is 10.0 Å². The van der Waals surface area contributed by atoms with Crippen molar-refractivity contribution in [2.75, 3.05) is 17.4 Å². The number of halogens is 2. The molecule has 7 nitrogen and oxygen atoms in total. The van der Waals surface area contributed by atoms with Gasteiger partial charge in [0, 0.05) is 23.7 Å². The minimum atomic E-state index is -4.21. The quantitative estimate of drug-likeness (QED) is 0.297.